The van der Waals surface area contributed by atoms with E-state index in [1.54, 1.807) is 0 Å². The molecule has 5 atom stereocenters. The van der Waals surface area contributed by atoms with Crippen molar-refractivity contribution in [1.29, 1.82) is 0 Å². The van der Waals surface area contributed by atoms with Gasteiger partial charge in [-0.3, -0.25) is 24.0 Å². The van der Waals surface area contributed by atoms with Gasteiger partial charge in [0.2, 0.25) is 12.4 Å². The van der Waals surface area contributed by atoms with Crippen LogP contribution < -0.4 is 5.32 Å². The second kappa shape index (κ2) is 11.3. The average molecular weight is 419 g/mol. The summed E-state index contributed by atoms with van der Waals surface area (Å²) in [5, 5.41) is 11.3. The summed E-state index contributed by atoms with van der Waals surface area (Å²) < 4.78 is 25.8. The maximum absolute atomic E-state index is 12.6. The number of carbonyl (C=O) groups is 5. The van der Waals surface area contributed by atoms with Crippen molar-refractivity contribution >= 4 is 29.8 Å². The Bertz CT molecular complexity index is 635. The van der Waals surface area contributed by atoms with Crippen molar-refractivity contribution in [3.63, 3.8) is 0 Å². The Hall–Kier alpha value is -2.73. The van der Waals surface area contributed by atoms with Gasteiger partial charge in [-0.05, 0) is 6.42 Å². The molecule has 1 rings (SSSR count). The number of amides is 1. The molecule has 164 valence electrons. The van der Waals surface area contributed by atoms with Crippen LogP contribution in [0.25, 0.3) is 0 Å². The molecular weight excluding hydrogens is 394 g/mol. The number of hydrogen-bond acceptors (Lipinski definition) is 11. The van der Waals surface area contributed by atoms with Gasteiger partial charge >= 0.3 is 23.9 Å². The van der Waals surface area contributed by atoms with Crippen LogP contribution in [0.1, 0.15) is 34.1 Å². The van der Waals surface area contributed by atoms with Crippen LogP contribution in [0.15, 0.2) is 0 Å². The van der Waals surface area contributed by atoms with E-state index in [1.165, 1.54) is 0 Å². The molecule has 1 aliphatic heterocycles. The standard InChI is InChI=1S/C17H25NO11/c1-8(20)25-12-13(26-9(2)21)15(27-10(3)22)17(28-11(4)23)29-14(12)16(24)18-6-5-7-19/h12-15,17,19H,5-7H2,1-4H3,(H,18,24)/t12-,13-,14-,15+,17+/m0/s1. The van der Waals surface area contributed by atoms with Gasteiger partial charge in [-0.1, -0.05) is 0 Å². The predicted molar refractivity (Wildman–Crippen MR) is 91.8 cm³/mol. The monoisotopic (exact) mass is 419 g/mol. The number of nitrogens with one attached hydrogen (secondary N) is 1. The van der Waals surface area contributed by atoms with Crippen molar-refractivity contribution < 1.29 is 52.8 Å². The molecule has 1 saturated heterocycles. The molecule has 0 aromatic carbocycles. The largest absolute Gasteiger partial charge is 0.455 e. The van der Waals surface area contributed by atoms with Crippen molar-refractivity contribution in [2.24, 2.45) is 0 Å². The minimum Gasteiger partial charge on any atom is -0.455 e. The molecule has 2 N–H and O–H groups in total. The van der Waals surface area contributed by atoms with Gasteiger partial charge in [0.15, 0.2) is 18.3 Å². The van der Waals surface area contributed by atoms with E-state index in [0.717, 1.165) is 27.7 Å². The lowest BCUT2D eigenvalue weighted by Gasteiger charge is -2.43. The number of aliphatic hydroxyl groups is 1. The molecule has 12 nitrogen and oxygen atoms in total. The van der Waals surface area contributed by atoms with E-state index in [-0.39, 0.29) is 19.6 Å². The van der Waals surface area contributed by atoms with Gasteiger partial charge in [0.1, 0.15) is 0 Å². The second-order valence-corrected chi connectivity index (χ2v) is 6.12. The number of rotatable bonds is 8. The number of hydrogen-bond donors (Lipinski definition) is 2. The quantitative estimate of drug-likeness (QED) is 0.269. The number of carbonyl (C=O) groups excluding carboxylic acids is 5. The molecule has 29 heavy (non-hydrogen) atoms. The highest BCUT2D eigenvalue weighted by Gasteiger charge is 2.55. The molecule has 0 bridgehead atoms. The van der Waals surface area contributed by atoms with E-state index >= 15 is 0 Å². The second-order valence-electron chi connectivity index (χ2n) is 6.12. The van der Waals surface area contributed by atoms with Crippen LogP contribution >= 0.6 is 0 Å². The van der Waals surface area contributed by atoms with Crippen LogP contribution in [0.2, 0.25) is 0 Å². The molecular formula is C17H25NO11. The lowest BCUT2D eigenvalue weighted by Crippen LogP contribution is -2.65. The summed E-state index contributed by atoms with van der Waals surface area (Å²) in [4.78, 5) is 58.7. The topological polar surface area (TPSA) is 164 Å². The van der Waals surface area contributed by atoms with E-state index in [1.807, 2.05) is 0 Å². The van der Waals surface area contributed by atoms with Crippen molar-refractivity contribution in [3.05, 3.63) is 0 Å². The summed E-state index contributed by atoms with van der Waals surface area (Å²) in [7, 11) is 0. The Balaban J connectivity index is 3.32. The molecule has 0 spiro atoms. The molecule has 0 aliphatic carbocycles. The first-order valence-corrected chi connectivity index (χ1v) is 8.79. The predicted octanol–water partition coefficient (Wildman–Crippen LogP) is -1.43. The summed E-state index contributed by atoms with van der Waals surface area (Å²) in [6, 6.07) is 0. The third kappa shape index (κ3) is 7.66. The van der Waals surface area contributed by atoms with E-state index < -0.39 is 60.5 Å². The number of esters is 4. The summed E-state index contributed by atoms with van der Waals surface area (Å²) in [6.45, 7) is 4.13. The SMILES string of the molecule is CC(=O)O[C@@H]1O[C@H](C(=O)NCCCO)[C@@H](OC(C)=O)[C@H](OC(C)=O)[C@H]1OC(C)=O. The van der Waals surface area contributed by atoms with Crippen LogP contribution in [-0.4, -0.2) is 78.7 Å². The maximum atomic E-state index is 12.6. The highest BCUT2D eigenvalue weighted by molar-refractivity contribution is 5.82. The smallest absolute Gasteiger partial charge is 0.305 e. The molecule has 0 aromatic rings. The number of ether oxygens (including phenoxy) is 5. The van der Waals surface area contributed by atoms with Crippen molar-refractivity contribution in [3.8, 4) is 0 Å². The molecule has 1 aliphatic rings. The highest BCUT2D eigenvalue weighted by atomic mass is 16.7. The Morgan fingerprint density at radius 1 is 0.793 bits per heavy atom. The zero-order valence-corrected chi connectivity index (χ0v) is 16.5. The van der Waals surface area contributed by atoms with Gasteiger partial charge in [-0.15, -0.1) is 0 Å². The summed E-state index contributed by atoms with van der Waals surface area (Å²) in [5.74, 6) is -4.07. The molecule has 0 radical (unpaired) electrons. The van der Waals surface area contributed by atoms with Crippen LogP contribution in [0, 0.1) is 0 Å². The summed E-state index contributed by atoms with van der Waals surface area (Å²) in [5.41, 5.74) is 0. The summed E-state index contributed by atoms with van der Waals surface area (Å²) >= 11 is 0. The fraction of sp³-hybridized carbons (Fsp3) is 0.706. The third-order valence-electron chi connectivity index (χ3n) is 3.58. The molecule has 0 unspecified atom stereocenters. The number of aliphatic hydroxyl groups excluding tert-OH is 1. The molecule has 1 amide bonds. The van der Waals surface area contributed by atoms with Crippen LogP contribution in [0.4, 0.5) is 0 Å². The van der Waals surface area contributed by atoms with E-state index in [4.69, 9.17) is 28.8 Å². The van der Waals surface area contributed by atoms with Crippen molar-refractivity contribution in [2.45, 2.75) is 64.8 Å². The normalized spacial score (nSPS) is 26.0. The van der Waals surface area contributed by atoms with Gasteiger partial charge in [0.25, 0.3) is 5.91 Å². The third-order valence-corrected chi connectivity index (χ3v) is 3.58. The fourth-order valence-corrected chi connectivity index (χ4v) is 2.63. The zero-order valence-electron chi connectivity index (χ0n) is 16.5. The Morgan fingerprint density at radius 3 is 1.76 bits per heavy atom. The molecule has 1 fully saturated rings. The van der Waals surface area contributed by atoms with Gasteiger partial charge in [-0.2, -0.15) is 0 Å². The van der Waals surface area contributed by atoms with Gasteiger partial charge < -0.3 is 34.1 Å². The van der Waals surface area contributed by atoms with Crippen LogP contribution in [0.5, 0.6) is 0 Å². The first kappa shape index (κ1) is 24.3. The van der Waals surface area contributed by atoms with Crippen LogP contribution in [0.3, 0.4) is 0 Å². The molecule has 0 saturated carbocycles. The Kier molecular flexibility index (Phi) is 9.48. The maximum Gasteiger partial charge on any atom is 0.305 e. The minimum absolute atomic E-state index is 0.0752. The van der Waals surface area contributed by atoms with Crippen molar-refractivity contribution in [2.75, 3.05) is 13.2 Å². The first-order valence-electron chi connectivity index (χ1n) is 8.79. The summed E-state index contributed by atoms with van der Waals surface area (Å²) in [6.07, 6.45) is -7.41. The van der Waals surface area contributed by atoms with Gasteiger partial charge in [0.05, 0.1) is 0 Å². The zero-order chi connectivity index (χ0) is 22.1. The van der Waals surface area contributed by atoms with Crippen molar-refractivity contribution in [1.82, 2.24) is 5.32 Å². The lowest BCUT2D eigenvalue weighted by molar-refractivity contribution is -0.290. The van der Waals surface area contributed by atoms with E-state index in [2.05, 4.69) is 5.32 Å². The van der Waals surface area contributed by atoms with Gasteiger partial charge in [0, 0.05) is 40.8 Å². The Labute approximate surface area is 166 Å². The van der Waals surface area contributed by atoms with E-state index in [9.17, 15) is 24.0 Å². The van der Waals surface area contributed by atoms with Gasteiger partial charge in [-0.25, -0.2) is 0 Å². The molecule has 0 aromatic heterocycles. The molecule has 12 heteroatoms. The first-order chi connectivity index (χ1) is 13.6. The average Bonchev–Trinajstić information content (AvgIpc) is 2.58. The van der Waals surface area contributed by atoms with Crippen LogP contribution in [-0.2, 0) is 47.7 Å². The lowest BCUT2D eigenvalue weighted by atomic mass is 9.97. The van der Waals surface area contributed by atoms with E-state index in [0.29, 0.717) is 0 Å². The fourth-order valence-electron chi connectivity index (χ4n) is 2.63. The minimum atomic E-state index is -1.61. The highest BCUT2D eigenvalue weighted by Crippen LogP contribution is 2.29. The Morgan fingerprint density at radius 2 is 1.28 bits per heavy atom. The molecule has 1 heterocycles.